The topological polar surface area (TPSA) is 103 Å². The number of methoxy groups -OCH3 is 2. The second kappa shape index (κ2) is 8.35. The van der Waals surface area contributed by atoms with Crippen LogP contribution in [0.1, 0.15) is 18.5 Å². The van der Waals surface area contributed by atoms with Gasteiger partial charge in [0, 0.05) is 11.3 Å². The van der Waals surface area contributed by atoms with E-state index in [4.69, 9.17) is 26.8 Å². The summed E-state index contributed by atoms with van der Waals surface area (Å²) in [5.74, 6) is 1.43. The van der Waals surface area contributed by atoms with Gasteiger partial charge in [-0.1, -0.05) is 0 Å². The zero-order valence-corrected chi connectivity index (χ0v) is 16.3. The maximum atomic E-state index is 11.3. The van der Waals surface area contributed by atoms with E-state index in [-0.39, 0.29) is 10.9 Å². The van der Waals surface area contributed by atoms with Crippen molar-refractivity contribution in [3.05, 3.63) is 48.0 Å². The minimum Gasteiger partial charge on any atom is -0.497 e. The quantitative estimate of drug-likeness (QED) is 0.645. The summed E-state index contributed by atoms with van der Waals surface area (Å²) < 4.78 is 33.2. The van der Waals surface area contributed by atoms with Crippen LogP contribution in [0, 0.1) is 0 Å². The Bertz CT molecular complexity index is 883. The lowest BCUT2D eigenvalue weighted by Crippen LogP contribution is -2.31. The standard InChI is InChI=1S/C17H21N3O4S2/c1-11(15-10-13(23-2)6-9-16(15)24-3)19-17(25)20-12-4-7-14(8-5-12)26(18,21)22/h4-11H,1-3H3,(H2,18,21,22)(H2,19,20,25). The molecule has 0 radical (unpaired) electrons. The molecule has 4 N–H and O–H groups in total. The van der Waals surface area contributed by atoms with Crippen molar-refractivity contribution in [2.75, 3.05) is 19.5 Å². The molecule has 7 nitrogen and oxygen atoms in total. The van der Waals surface area contributed by atoms with Crippen LogP contribution in [0.3, 0.4) is 0 Å². The second-order valence-corrected chi connectivity index (χ2v) is 7.47. The van der Waals surface area contributed by atoms with Crippen molar-refractivity contribution >= 4 is 33.0 Å². The van der Waals surface area contributed by atoms with E-state index in [0.29, 0.717) is 22.3 Å². The van der Waals surface area contributed by atoms with Gasteiger partial charge in [-0.15, -0.1) is 0 Å². The minimum atomic E-state index is -3.72. The van der Waals surface area contributed by atoms with E-state index >= 15 is 0 Å². The molecule has 0 aliphatic carbocycles. The first-order chi connectivity index (χ1) is 12.2. The molecule has 0 fully saturated rings. The third-order valence-corrected chi connectivity index (χ3v) is 4.84. The summed E-state index contributed by atoms with van der Waals surface area (Å²) in [6.45, 7) is 1.94. The molecule has 2 rings (SSSR count). The highest BCUT2D eigenvalue weighted by molar-refractivity contribution is 7.89. The van der Waals surface area contributed by atoms with E-state index in [2.05, 4.69) is 10.6 Å². The Kier molecular flexibility index (Phi) is 6.41. The zero-order valence-electron chi connectivity index (χ0n) is 14.6. The molecule has 0 saturated heterocycles. The molecular weight excluding hydrogens is 374 g/mol. The van der Waals surface area contributed by atoms with Crippen LogP contribution < -0.4 is 25.2 Å². The van der Waals surface area contributed by atoms with Gasteiger partial charge >= 0.3 is 0 Å². The van der Waals surface area contributed by atoms with Gasteiger partial charge in [-0.2, -0.15) is 0 Å². The number of anilines is 1. The molecule has 26 heavy (non-hydrogen) atoms. The van der Waals surface area contributed by atoms with Crippen molar-refractivity contribution in [2.24, 2.45) is 5.14 Å². The fourth-order valence-corrected chi connectivity index (χ4v) is 3.16. The molecule has 0 aliphatic heterocycles. The first-order valence-electron chi connectivity index (χ1n) is 7.67. The average Bonchev–Trinajstić information content (AvgIpc) is 2.60. The Morgan fingerprint density at radius 3 is 2.31 bits per heavy atom. The van der Waals surface area contributed by atoms with Gasteiger partial charge in [0.25, 0.3) is 0 Å². The number of sulfonamides is 1. The van der Waals surface area contributed by atoms with Crippen LogP contribution in [0.5, 0.6) is 11.5 Å². The van der Waals surface area contributed by atoms with Gasteiger partial charge in [0.05, 0.1) is 25.2 Å². The highest BCUT2D eigenvalue weighted by atomic mass is 32.2. The van der Waals surface area contributed by atoms with Gasteiger partial charge in [0.15, 0.2) is 5.11 Å². The summed E-state index contributed by atoms with van der Waals surface area (Å²) in [6, 6.07) is 11.4. The predicted octanol–water partition coefficient (Wildman–Crippen LogP) is 2.40. The molecule has 0 amide bonds. The summed E-state index contributed by atoms with van der Waals surface area (Å²) in [6.07, 6.45) is 0. The SMILES string of the molecule is COc1ccc(OC)c(C(C)NC(=S)Nc2ccc(S(N)(=O)=O)cc2)c1. The van der Waals surface area contributed by atoms with Crippen molar-refractivity contribution in [2.45, 2.75) is 17.9 Å². The van der Waals surface area contributed by atoms with Crippen molar-refractivity contribution in [3.63, 3.8) is 0 Å². The number of rotatable bonds is 6. The van der Waals surface area contributed by atoms with Crippen molar-refractivity contribution in [1.29, 1.82) is 0 Å². The van der Waals surface area contributed by atoms with E-state index in [0.717, 1.165) is 5.56 Å². The molecule has 2 aromatic rings. The lowest BCUT2D eigenvalue weighted by molar-refractivity contribution is 0.395. The van der Waals surface area contributed by atoms with Gasteiger partial charge in [-0.3, -0.25) is 0 Å². The lowest BCUT2D eigenvalue weighted by Gasteiger charge is -2.20. The van der Waals surface area contributed by atoms with Crippen LogP contribution in [-0.2, 0) is 10.0 Å². The smallest absolute Gasteiger partial charge is 0.238 e. The molecular formula is C17H21N3O4S2. The number of nitrogens with two attached hydrogens (primary N) is 1. The van der Waals surface area contributed by atoms with Gasteiger partial charge < -0.3 is 20.1 Å². The summed E-state index contributed by atoms with van der Waals surface area (Å²) in [5.41, 5.74) is 1.53. The molecule has 9 heteroatoms. The molecule has 140 valence electrons. The number of ether oxygens (including phenoxy) is 2. The molecule has 0 heterocycles. The van der Waals surface area contributed by atoms with Crippen LogP contribution in [-0.4, -0.2) is 27.7 Å². The van der Waals surface area contributed by atoms with Crippen molar-refractivity contribution < 1.29 is 17.9 Å². The Morgan fingerprint density at radius 1 is 1.12 bits per heavy atom. The number of hydrogen-bond donors (Lipinski definition) is 3. The fraction of sp³-hybridized carbons (Fsp3) is 0.235. The number of benzene rings is 2. The summed E-state index contributed by atoms with van der Waals surface area (Å²) >= 11 is 5.32. The number of nitrogens with one attached hydrogen (secondary N) is 2. The van der Waals surface area contributed by atoms with Crippen LogP contribution >= 0.6 is 12.2 Å². The summed E-state index contributed by atoms with van der Waals surface area (Å²) in [4.78, 5) is 0.0383. The van der Waals surface area contributed by atoms with Gasteiger partial charge in [-0.25, -0.2) is 13.6 Å². The average molecular weight is 396 g/mol. The first kappa shape index (κ1) is 20.0. The molecule has 0 aliphatic rings. The lowest BCUT2D eigenvalue weighted by atomic mass is 10.1. The Labute approximate surface area is 158 Å². The summed E-state index contributed by atoms with van der Waals surface area (Å²) in [7, 11) is -0.522. The highest BCUT2D eigenvalue weighted by Crippen LogP contribution is 2.29. The molecule has 0 saturated carbocycles. The zero-order chi connectivity index (χ0) is 19.3. The van der Waals surface area contributed by atoms with Crippen LogP contribution in [0.2, 0.25) is 0 Å². The van der Waals surface area contributed by atoms with E-state index in [9.17, 15) is 8.42 Å². The normalized spacial score (nSPS) is 12.2. The number of hydrogen-bond acceptors (Lipinski definition) is 5. The van der Waals surface area contributed by atoms with E-state index in [1.54, 1.807) is 26.4 Å². The number of primary sulfonamides is 1. The van der Waals surface area contributed by atoms with Crippen LogP contribution in [0.15, 0.2) is 47.4 Å². The third-order valence-electron chi connectivity index (χ3n) is 3.69. The fourth-order valence-electron chi connectivity index (χ4n) is 2.35. The first-order valence-corrected chi connectivity index (χ1v) is 9.62. The molecule has 2 aromatic carbocycles. The van der Waals surface area contributed by atoms with Gasteiger partial charge in [-0.05, 0) is 61.6 Å². The third kappa shape index (κ3) is 5.07. The molecule has 0 aromatic heterocycles. The van der Waals surface area contributed by atoms with Crippen LogP contribution in [0.25, 0.3) is 0 Å². The van der Waals surface area contributed by atoms with Gasteiger partial charge in [0.2, 0.25) is 10.0 Å². The molecule has 0 bridgehead atoms. The van der Waals surface area contributed by atoms with E-state index in [1.165, 1.54) is 12.1 Å². The van der Waals surface area contributed by atoms with Crippen LogP contribution in [0.4, 0.5) is 5.69 Å². The summed E-state index contributed by atoms with van der Waals surface area (Å²) in [5, 5.41) is 11.6. The Balaban J connectivity index is 2.08. The predicted molar refractivity (Wildman–Crippen MR) is 105 cm³/mol. The maximum Gasteiger partial charge on any atom is 0.238 e. The Morgan fingerprint density at radius 2 is 1.77 bits per heavy atom. The highest BCUT2D eigenvalue weighted by Gasteiger charge is 2.14. The van der Waals surface area contributed by atoms with E-state index in [1.807, 2.05) is 25.1 Å². The largest absolute Gasteiger partial charge is 0.497 e. The number of thiocarbonyl (C=S) groups is 1. The molecule has 1 atom stereocenters. The maximum absolute atomic E-state index is 11.3. The Hall–Kier alpha value is -2.36. The van der Waals surface area contributed by atoms with Crippen molar-refractivity contribution in [1.82, 2.24) is 5.32 Å². The molecule has 1 unspecified atom stereocenters. The van der Waals surface area contributed by atoms with Gasteiger partial charge in [0.1, 0.15) is 11.5 Å². The van der Waals surface area contributed by atoms with Crippen molar-refractivity contribution in [3.8, 4) is 11.5 Å². The minimum absolute atomic E-state index is 0.0383. The second-order valence-electron chi connectivity index (χ2n) is 5.50. The molecule has 0 spiro atoms. The monoisotopic (exact) mass is 395 g/mol. The van der Waals surface area contributed by atoms with E-state index < -0.39 is 10.0 Å².